The molecule has 114 valence electrons. The summed E-state index contributed by atoms with van der Waals surface area (Å²) in [6.07, 6.45) is 1.71. The number of nitrogens with zero attached hydrogens (tertiary/aromatic N) is 1. The van der Waals surface area contributed by atoms with Crippen molar-refractivity contribution in [2.24, 2.45) is 11.8 Å². The molecule has 1 fully saturated rings. The van der Waals surface area contributed by atoms with Gasteiger partial charge in [0.2, 0.25) is 5.91 Å². The molecule has 1 aromatic heterocycles. The standard InChI is InChI=1S/C15H17N3O.2ClH/c1-10(12-7-16-8-12)15(19)18-13-6-11-4-2-3-5-14(11)17-9-13;;/h2-6,9-10,12,16H,7-8H2,1H3,(H,18,19);2*1H. The van der Waals surface area contributed by atoms with Crippen molar-refractivity contribution in [3.8, 4) is 0 Å². The van der Waals surface area contributed by atoms with E-state index >= 15 is 0 Å². The molecule has 1 aliphatic rings. The summed E-state index contributed by atoms with van der Waals surface area (Å²) < 4.78 is 0. The van der Waals surface area contributed by atoms with Gasteiger partial charge < -0.3 is 10.6 Å². The minimum absolute atomic E-state index is 0. The van der Waals surface area contributed by atoms with Crippen molar-refractivity contribution in [1.29, 1.82) is 0 Å². The summed E-state index contributed by atoms with van der Waals surface area (Å²) in [7, 11) is 0. The fourth-order valence-corrected chi connectivity index (χ4v) is 2.27. The first kappa shape index (κ1) is 17.7. The highest BCUT2D eigenvalue weighted by Crippen LogP contribution is 2.20. The van der Waals surface area contributed by atoms with Gasteiger partial charge in [-0.25, -0.2) is 0 Å². The molecule has 3 rings (SSSR count). The molecular weight excluding hydrogens is 309 g/mol. The summed E-state index contributed by atoms with van der Waals surface area (Å²) in [5.41, 5.74) is 1.71. The van der Waals surface area contributed by atoms with Crippen LogP contribution in [0.5, 0.6) is 0 Å². The number of nitrogens with one attached hydrogen (secondary N) is 2. The largest absolute Gasteiger partial charge is 0.324 e. The van der Waals surface area contributed by atoms with Crippen molar-refractivity contribution < 1.29 is 4.79 Å². The zero-order valence-corrected chi connectivity index (χ0v) is 13.3. The summed E-state index contributed by atoms with van der Waals surface area (Å²) in [6.45, 7) is 3.85. The van der Waals surface area contributed by atoms with Gasteiger partial charge in [0.1, 0.15) is 0 Å². The Morgan fingerprint density at radius 2 is 2.05 bits per heavy atom. The van der Waals surface area contributed by atoms with Crippen LogP contribution < -0.4 is 10.6 Å². The lowest BCUT2D eigenvalue weighted by molar-refractivity contribution is -0.121. The van der Waals surface area contributed by atoms with Gasteiger partial charge >= 0.3 is 0 Å². The first-order valence-corrected chi connectivity index (χ1v) is 6.60. The van der Waals surface area contributed by atoms with E-state index in [4.69, 9.17) is 0 Å². The van der Waals surface area contributed by atoms with Gasteiger partial charge in [0, 0.05) is 11.3 Å². The Morgan fingerprint density at radius 1 is 1.33 bits per heavy atom. The normalized spacial score (nSPS) is 15.3. The van der Waals surface area contributed by atoms with E-state index in [1.807, 2.05) is 37.3 Å². The third-order valence-corrected chi connectivity index (χ3v) is 3.79. The number of amides is 1. The van der Waals surface area contributed by atoms with E-state index in [2.05, 4.69) is 15.6 Å². The van der Waals surface area contributed by atoms with Crippen LogP contribution in [0.4, 0.5) is 5.69 Å². The van der Waals surface area contributed by atoms with Crippen LogP contribution in [0.3, 0.4) is 0 Å². The molecule has 0 bridgehead atoms. The smallest absolute Gasteiger partial charge is 0.227 e. The summed E-state index contributed by atoms with van der Waals surface area (Å²) in [5, 5.41) is 7.19. The SMILES string of the molecule is CC(C(=O)Nc1cnc2ccccc2c1)C1CNC1.Cl.Cl. The molecule has 0 spiro atoms. The first-order valence-electron chi connectivity index (χ1n) is 6.60. The Morgan fingerprint density at radius 3 is 2.71 bits per heavy atom. The van der Waals surface area contributed by atoms with Crippen molar-refractivity contribution >= 4 is 47.3 Å². The van der Waals surface area contributed by atoms with E-state index in [0.29, 0.717) is 5.92 Å². The van der Waals surface area contributed by atoms with Gasteiger partial charge in [0.05, 0.1) is 17.4 Å². The average molecular weight is 328 g/mol. The maximum Gasteiger partial charge on any atom is 0.227 e. The molecule has 1 aromatic carbocycles. The quantitative estimate of drug-likeness (QED) is 0.911. The lowest BCUT2D eigenvalue weighted by Crippen LogP contribution is -2.48. The fourth-order valence-electron chi connectivity index (χ4n) is 2.27. The minimum Gasteiger partial charge on any atom is -0.324 e. The number of rotatable bonds is 3. The number of hydrogen-bond acceptors (Lipinski definition) is 3. The number of anilines is 1. The average Bonchev–Trinajstić information content (AvgIpc) is 2.36. The van der Waals surface area contributed by atoms with Crippen molar-refractivity contribution in [2.45, 2.75) is 6.92 Å². The van der Waals surface area contributed by atoms with Gasteiger partial charge in [-0.2, -0.15) is 0 Å². The highest BCUT2D eigenvalue weighted by molar-refractivity contribution is 5.94. The summed E-state index contributed by atoms with van der Waals surface area (Å²) in [4.78, 5) is 16.5. The Bertz CT molecular complexity index is 617. The lowest BCUT2D eigenvalue weighted by Gasteiger charge is -2.31. The maximum atomic E-state index is 12.1. The third-order valence-electron chi connectivity index (χ3n) is 3.79. The monoisotopic (exact) mass is 327 g/mol. The van der Waals surface area contributed by atoms with Gasteiger partial charge in [-0.3, -0.25) is 9.78 Å². The van der Waals surface area contributed by atoms with E-state index in [0.717, 1.165) is 29.7 Å². The van der Waals surface area contributed by atoms with Gasteiger partial charge in [0.15, 0.2) is 0 Å². The van der Waals surface area contributed by atoms with Crippen LogP contribution in [0.2, 0.25) is 0 Å². The minimum atomic E-state index is 0. The van der Waals surface area contributed by atoms with Crippen molar-refractivity contribution in [2.75, 3.05) is 18.4 Å². The van der Waals surface area contributed by atoms with Crippen LogP contribution in [0, 0.1) is 11.8 Å². The molecule has 4 nitrogen and oxygen atoms in total. The lowest BCUT2D eigenvalue weighted by atomic mass is 9.88. The predicted octanol–water partition coefficient (Wildman–Crippen LogP) is 2.87. The number of carbonyl (C=O) groups is 1. The number of para-hydroxylation sites is 1. The molecule has 1 saturated heterocycles. The molecule has 1 amide bonds. The first-order chi connectivity index (χ1) is 9.24. The topological polar surface area (TPSA) is 54.0 Å². The van der Waals surface area contributed by atoms with Gasteiger partial charge in [0.25, 0.3) is 0 Å². The third kappa shape index (κ3) is 3.84. The highest BCUT2D eigenvalue weighted by atomic mass is 35.5. The number of halogens is 2. The molecule has 2 heterocycles. The number of fused-ring (bicyclic) bond motifs is 1. The van der Waals surface area contributed by atoms with Crippen LogP contribution in [0.1, 0.15) is 6.92 Å². The number of carbonyl (C=O) groups excluding carboxylic acids is 1. The van der Waals surface area contributed by atoms with Crippen molar-refractivity contribution in [1.82, 2.24) is 10.3 Å². The molecule has 6 heteroatoms. The molecule has 1 unspecified atom stereocenters. The van der Waals surface area contributed by atoms with Crippen molar-refractivity contribution in [3.05, 3.63) is 36.5 Å². The molecule has 0 radical (unpaired) electrons. The van der Waals surface area contributed by atoms with Crippen molar-refractivity contribution in [3.63, 3.8) is 0 Å². The highest BCUT2D eigenvalue weighted by Gasteiger charge is 2.28. The number of aromatic nitrogens is 1. The number of hydrogen-bond donors (Lipinski definition) is 2. The molecule has 0 aliphatic carbocycles. The Labute approximate surface area is 136 Å². The van der Waals surface area contributed by atoms with Gasteiger partial charge in [-0.15, -0.1) is 24.8 Å². The summed E-state index contributed by atoms with van der Waals surface area (Å²) in [5.74, 6) is 0.560. The molecular formula is C15H19Cl2N3O. The fraction of sp³-hybridized carbons (Fsp3) is 0.333. The van der Waals surface area contributed by atoms with Crippen LogP contribution in [-0.4, -0.2) is 24.0 Å². The molecule has 1 atom stereocenters. The number of benzene rings is 1. The second-order valence-electron chi connectivity index (χ2n) is 5.11. The Hall–Kier alpha value is -1.36. The van der Waals surface area contributed by atoms with Gasteiger partial charge in [-0.1, -0.05) is 25.1 Å². The van der Waals surface area contributed by atoms with E-state index in [1.54, 1.807) is 6.20 Å². The van der Waals surface area contributed by atoms with Crippen LogP contribution in [-0.2, 0) is 4.79 Å². The van der Waals surface area contributed by atoms with E-state index in [9.17, 15) is 4.79 Å². The van der Waals surface area contributed by atoms with Crippen LogP contribution in [0.25, 0.3) is 10.9 Å². The van der Waals surface area contributed by atoms with Crippen LogP contribution in [0.15, 0.2) is 36.5 Å². The van der Waals surface area contributed by atoms with E-state index < -0.39 is 0 Å². The van der Waals surface area contributed by atoms with Crippen LogP contribution >= 0.6 is 24.8 Å². The van der Waals surface area contributed by atoms with Gasteiger partial charge in [-0.05, 0) is 31.1 Å². The Balaban J connectivity index is 0.00000110. The zero-order chi connectivity index (χ0) is 13.2. The molecule has 0 saturated carbocycles. The number of pyridine rings is 1. The zero-order valence-electron chi connectivity index (χ0n) is 11.7. The predicted molar refractivity (Wildman–Crippen MR) is 90.4 cm³/mol. The summed E-state index contributed by atoms with van der Waals surface area (Å²) in [6, 6.07) is 9.85. The van der Waals surface area contributed by atoms with E-state index in [1.165, 1.54) is 0 Å². The molecule has 2 N–H and O–H groups in total. The maximum absolute atomic E-state index is 12.1. The summed E-state index contributed by atoms with van der Waals surface area (Å²) >= 11 is 0. The molecule has 1 aliphatic heterocycles. The Kier molecular flexibility index (Phi) is 6.40. The van der Waals surface area contributed by atoms with E-state index in [-0.39, 0.29) is 36.6 Å². The second-order valence-corrected chi connectivity index (χ2v) is 5.11. The second kappa shape index (κ2) is 7.59. The molecule has 2 aromatic rings. The molecule has 21 heavy (non-hydrogen) atoms.